The van der Waals surface area contributed by atoms with E-state index in [1.807, 2.05) is 43.7 Å². The number of aromatic nitrogens is 2. The molecular weight excluding hydrogens is 302 g/mol. The monoisotopic (exact) mass is 327 g/mol. The average Bonchev–Trinajstić information content (AvgIpc) is 3.23. The van der Waals surface area contributed by atoms with Crippen LogP contribution < -0.4 is 5.32 Å². The van der Waals surface area contributed by atoms with Crippen LogP contribution in [0, 0.1) is 5.41 Å². The Bertz CT molecular complexity index is 702. The van der Waals surface area contributed by atoms with Crippen molar-refractivity contribution in [2.45, 2.75) is 25.7 Å². The van der Waals surface area contributed by atoms with Crippen LogP contribution in [0.4, 0.5) is 0 Å². The molecule has 24 heavy (non-hydrogen) atoms. The molecule has 0 atom stereocenters. The summed E-state index contributed by atoms with van der Waals surface area (Å²) in [6.07, 6.45) is 8.44. The van der Waals surface area contributed by atoms with Gasteiger partial charge in [-0.1, -0.05) is 25.0 Å². The summed E-state index contributed by atoms with van der Waals surface area (Å²) in [7, 11) is 3.62. The van der Waals surface area contributed by atoms with E-state index >= 15 is 0 Å². The summed E-state index contributed by atoms with van der Waals surface area (Å²) in [6.45, 7) is 1.39. The van der Waals surface area contributed by atoms with Gasteiger partial charge in [0.25, 0.3) is 5.91 Å². The largest absolute Gasteiger partial charge is 0.384 e. The number of nitrogens with zero attached hydrogens (tertiary/aromatic N) is 2. The first-order valence-electron chi connectivity index (χ1n) is 8.48. The fourth-order valence-corrected chi connectivity index (χ4v) is 3.58. The van der Waals surface area contributed by atoms with E-state index in [-0.39, 0.29) is 11.3 Å². The molecule has 1 aromatic heterocycles. The first kappa shape index (κ1) is 16.7. The number of nitrogens with one attached hydrogen (secondary N) is 1. The maximum Gasteiger partial charge on any atom is 0.251 e. The predicted octanol–water partition coefficient (Wildman–Crippen LogP) is 3.02. The number of rotatable bonds is 6. The van der Waals surface area contributed by atoms with Crippen molar-refractivity contribution in [3.63, 3.8) is 0 Å². The second-order valence-corrected chi connectivity index (χ2v) is 6.81. The van der Waals surface area contributed by atoms with Crippen LogP contribution in [0.1, 0.15) is 36.0 Å². The van der Waals surface area contributed by atoms with Gasteiger partial charge in [0.2, 0.25) is 0 Å². The molecule has 1 saturated carbocycles. The van der Waals surface area contributed by atoms with Crippen molar-refractivity contribution < 1.29 is 9.53 Å². The molecule has 0 bridgehead atoms. The molecule has 1 N–H and O–H groups in total. The molecule has 1 heterocycles. The highest BCUT2D eigenvalue weighted by molar-refractivity contribution is 5.95. The van der Waals surface area contributed by atoms with Gasteiger partial charge in [0, 0.05) is 43.4 Å². The summed E-state index contributed by atoms with van der Waals surface area (Å²) in [4.78, 5) is 12.6. The first-order chi connectivity index (χ1) is 11.6. The van der Waals surface area contributed by atoms with Gasteiger partial charge in [-0.3, -0.25) is 9.48 Å². The molecule has 1 aromatic carbocycles. The molecule has 2 aromatic rings. The maximum absolute atomic E-state index is 12.6. The van der Waals surface area contributed by atoms with Crippen molar-refractivity contribution in [1.29, 1.82) is 0 Å². The number of aryl methyl sites for hydroxylation is 1. The van der Waals surface area contributed by atoms with Gasteiger partial charge < -0.3 is 10.1 Å². The third-order valence-electron chi connectivity index (χ3n) is 4.90. The first-order valence-corrected chi connectivity index (χ1v) is 8.48. The molecular formula is C19H25N3O2. The highest BCUT2D eigenvalue weighted by Gasteiger charge is 2.34. The summed E-state index contributed by atoms with van der Waals surface area (Å²) in [5.74, 6) is -0.0249. The SMILES string of the molecule is COCC1(CNC(=O)c2cccc(-c3cnn(C)c3)c2)CCCC1. The number of hydrogen-bond donors (Lipinski definition) is 1. The molecule has 0 unspecified atom stereocenters. The van der Waals surface area contributed by atoms with Crippen LogP contribution >= 0.6 is 0 Å². The quantitative estimate of drug-likeness (QED) is 0.887. The van der Waals surface area contributed by atoms with Crippen LogP contribution in [0.3, 0.4) is 0 Å². The highest BCUT2D eigenvalue weighted by Crippen LogP contribution is 2.37. The van der Waals surface area contributed by atoms with Gasteiger partial charge in [-0.15, -0.1) is 0 Å². The lowest BCUT2D eigenvalue weighted by Crippen LogP contribution is -2.38. The van der Waals surface area contributed by atoms with Crippen LogP contribution in [-0.2, 0) is 11.8 Å². The fourth-order valence-electron chi connectivity index (χ4n) is 3.58. The summed E-state index contributed by atoms with van der Waals surface area (Å²) < 4.78 is 7.15. The zero-order chi connectivity index (χ0) is 17.0. The minimum atomic E-state index is -0.0249. The third-order valence-corrected chi connectivity index (χ3v) is 4.90. The smallest absolute Gasteiger partial charge is 0.251 e. The van der Waals surface area contributed by atoms with Crippen LogP contribution in [0.15, 0.2) is 36.7 Å². The molecule has 0 spiro atoms. The van der Waals surface area contributed by atoms with E-state index < -0.39 is 0 Å². The van der Waals surface area contributed by atoms with Gasteiger partial charge in [-0.25, -0.2) is 0 Å². The van der Waals surface area contributed by atoms with E-state index in [1.165, 1.54) is 12.8 Å². The van der Waals surface area contributed by atoms with Gasteiger partial charge in [-0.05, 0) is 30.5 Å². The molecule has 0 radical (unpaired) electrons. The lowest BCUT2D eigenvalue weighted by molar-refractivity contribution is 0.0741. The van der Waals surface area contributed by atoms with Crippen molar-refractivity contribution in [3.8, 4) is 11.1 Å². The van der Waals surface area contributed by atoms with Crippen molar-refractivity contribution in [2.75, 3.05) is 20.3 Å². The highest BCUT2D eigenvalue weighted by atomic mass is 16.5. The number of amides is 1. The number of carbonyl (C=O) groups is 1. The summed E-state index contributed by atoms with van der Waals surface area (Å²) >= 11 is 0. The number of carbonyl (C=O) groups excluding carboxylic acids is 1. The Morgan fingerprint density at radius 1 is 1.33 bits per heavy atom. The molecule has 128 valence electrons. The minimum Gasteiger partial charge on any atom is -0.384 e. The van der Waals surface area contributed by atoms with Crippen LogP contribution in [0.5, 0.6) is 0 Å². The van der Waals surface area contributed by atoms with E-state index in [0.29, 0.717) is 18.7 Å². The van der Waals surface area contributed by atoms with Crippen molar-refractivity contribution in [2.24, 2.45) is 12.5 Å². The zero-order valence-electron chi connectivity index (χ0n) is 14.4. The van der Waals surface area contributed by atoms with E-state index in [9.17, 15) is 4.79 Å². The van der Waals surface area contributed by atoms with E-state index in [2.05, 4.69) is 10.4 Å². The van der Waals surface area contributed by atoms with Gasteiger partial charge >= 0.3 is 0 Å². The molecule has 0 aliphatic heterocycles. The third kappa shape index (κ3) is 3.67. The molecule has 1 fully saturated rings. The molecule has 5 nitrogen and oxygen atoms in total. The summed E-state index contributed by atoms with van der Waals surface area (Å²) in [5, 5.41) is 7.30. The van der Waals surface area contributed by atoms with Crippen LogP contribution in [-0.4, -0.2) is 35.9 Å². The second-order valence-electron chi connectivity index (χ2n) is 6.81. The number of methoxy groups -OCH3 is 1. The van der Waals surface area contributed by atoms with E-state index in [0.717, 1.165) is 24.0 Å². The standard InChI is InChI=1S/C19H25N3O2/c1-22-12-17(11-21-22)15-6-5-7-16(10-15)18(23)20-13-19(14-24-2)8-3-4-9-19/h5-7,10-12H,3-4,8-9,13-14H2,1-2H3,(H,20,23). The number of benzene rings is 1. The Hall–Kier alpha value is -2.14. The van der Waals surface area contributed by atoms with E-state index in [4.69, 9.17) is 4.74 Å². The Balaban J connectivity index is 1.69. The molecule has 1 aliphatic carbocycles. The van der Waals surface area contributed by atoms with E-state index in [1.54, 1.807) is 11.8 Å². The Morgan fingerprint density at radius 3 is 2.79 bits per heavy atom. The number of ether oxygens (including phenoxy) is 1. The molecule has 3 rings (SSSR count). The van der Waals surface area contributed by atoms with Gasteiger partial charge in [-0.2, -0.15) is 5.10 Å². The molecule has 0 saturated heterocycles. The van der Waals surface area contributed by atoms with Crippen molar-refractivity contribution >= 4 is 5.91 Å². The maximum atomic E-state index is 12.6. The fraction of sp³-hybridized carbons (Fsp3) is 0.474. The molecule has 1 aliphatic rings. The minimum absolute atomic E-state index is 0.0249. The van der Waals surface area contributed by atoms with Crippen LogP contribution in [0.25, 0.3) is 11.1 Å². The lowest BCUT2D eigenvalue weighted by atomic mass is 9.87. The van der Waals surface area contributed by atoms with Gasteiger partial charge in [0.1, 0.15) is 0 Å². The lowest BCUT2D eigenvalue weighted by Gasteiger charge is -2.28. The molecule has 1 amide bonds. The topological polar surface area (TPSA) is 56.1 Å². The van der Waals surface area contributed by atoms with Gasteiger partial charge in [0.05, 0.1) is 12.8 Å². The van der Waals surface area contributed by atoms with Crippen LogP contribution in [0.2, 0.25) is 0 Å². The van der Waals surface area contributed by atoms with Crippen molar-refractivity contribution in [1.82, 2.24) is 15.1 Å². The zero-order valence-corrected chi connectivity index (χ0v) is 14.4. The summed E-state index contributed by atoms with van der Waals surface area (Å²) in [6, 6.07) is 7.69. The Labute approximate surface area is 143 Å². The predicted molar refractivity (Wildman–Crippen MR) is 93.8 cm³/mol. The Morgan fingerprint density at radius 2 is 2.12 bits per heavy atom. The van der Waals surface area contributed by atoms with Gasteiger partial charge in [0.15, 0.2) is 0 Å². The van der Waals surface area contributed by atoms with Crippen molar-refractivity contribution in [3.05, 3.63) is 42.2 Å². The summed E-state index contributed by atoms with van der Waals surface area (Å²) in [5.41, 5.74) is 2.80. The second kappa shape index (κ2) is 7.18. The normalized spacial score (nSPS) is 16.2. The number of hydrogen-bond acceptors (Lipinski definition) is 3. The molecule has 5 heteroatoms. The average molecular weight is 327 g/mol. The Kier molecular flexibility index (Phi) is 5.00.